The van der Waals surface area contributed by atoms with Crippen LogP contribution in [0.1, 0.15) is 55.6 Å². The summed E-state index contributed by atoms with van der Waals surface area (Å²) >= 11 is 12.3. The van der Waals surface area contributed by atoms with E-state index in [1.54, 1.807) is 6.07 Å². The number of rotatable bonds is 7. The van der Waals surface area contributed by atoms with Crippen molar-refractivity contribution in [2.24, 2.45) is 5.92 Å². The van der Waals surface area contributed by atoms with Crippen LogP contribution in [0.15, 0.2) is 30.5 Å². The summed E-state index contributed by atoms with van der Waals surface area (Å²) in [5.74, 6) is 2.18. The fraction of sp³-hybridized carbons (Fsp3) is 0.522. The third-order valence-corrected chi connectivity index (χ3v) is 6.65. The first-order valence-corrected chi connectivity index (χ1v) is 11.4. The van der Waals surface area contributed by atoms with Gasteiger partial charge >= 0.3 is 0 Å². The van der Waals surface area contributed by atoms with Crippen LogP contribution >= 0.6 is 23.2 Å². The molecule has 1 aromatic carbocycles. The summed E-state index contributed by atoms with van der Waals surface area (Å²) in [6.07, 6.45) is 9.49. The van der Waals surface area contributed by atoms with E-state index in [1.165, 1.54) is 36.8 Å². The minimum Gasteiger partial charge on any atom is -0.381 e. The van der Waals surface area contributed by atoms with Gasteiger partial charge in [0.15, 0.2) is 0 Å². The molecule has 1 aromatic heterocycles. The average Bonchev–Trinajstić information content (AvgIpc) is 3.26. The van der Waals surface area contributed by atoms with Gasteiger partial charge < -0.3 is 15.4 Å². The van der Waals surface area contributed by atoms with Crippen LogP contribution < -0.4 is 10.6 Å². The van der Waals surface area contributed by atoms with E-state index in [0.29, 0.717) is 16.0 Å². The monoisotopic (exact) mass is 433 g/mol. The number of nitrogens with zero attached hydrogens (tertiary/aromatic N) is 1. The van der Waals surface area contributed by atoms with Gasteiger partial charge in [-0.2, -0.15) is 0 Å². The van der Waals surface area contributed by atoms with Gasteiger partial charge in [-0.15, -0.1) is 0 Å². The number of nitrogens with one attached hydrogen (secondary N) is 2. The molecule has 1 saturated carbocycles. The molecule has 2 aliphatic rings. The van der Waals surface area contributed by atoms with E-state index < -0.39 is 0 Å². The minimum absolute atomic E-state index is 0.601. The highest BCUT2D eigenvalue weighted by Crippen LogP contribution is 2.37. The van der Waals surface area contributed by atoms with Gasteiger partial charge in [0, 0.05) is 31.0 Å². The molecule has 2 fully saturated rings. The molecule has 2 aromatic rings. The lowest BCUT2D eigenvalue weighted by atomic mass is 9.93. The lowest BCUT2D eigenvalue weighted by molar-refractivity contribution is 0.0662. The van der Waals surface area contributed by atoms with Gasteiger partial charge in [-0.3, -0.25) is 0 Å². The van der Waals surface area contributed by atoms with E-state index in [2.05, 4.69) is 21.7 Å². The maximum Gasteiger partial charge on any atom is 0.130 e. The molecule has 4 nitrogen and oxygen atoms in total. The second-order valence-corrected chi connectivity index (χ2v) is 9.03. The van der Waals surface area contributed by atoms with Crippen LogP contribution in [0, 0.1) is 5.92 Å². The third kappa shape index (κ3) is 5.64. The lowest BCUT2D eigenvalue weighted by Crippen LogP contribution is -2.27. The molecule has 1 saturated heterocycles. The number of pyridine rings is 1. The molecule has 156 valence electrons. The van der Waals surface area contributed by atoms with Crippen molar-refractivity contribution >= 4 is 34.7 Å². The molecule has 0 spiro atoms. The summed E-state index contributed by atoms with van der Waals surface area (Å²) in [7, 11) is 0. The van der Waals surface area contributed by atoms with E-state index in [9.17, 15) is 0 Å². The zero-order chi connectivity index (χ0) is 20.1. The van der Waals surface area contributed by atoms with E-state index >= 15 is 0 Å². The lowest BCUT2D eigenvalue weighted by Gasteiger charge is -2.23. The summed E-state index contributed by atoms with van der Waals surface area (Å²) in [5.41, 5.74) is 3.56. The summed E-state index contributed by atoms with van der Waals surface area (Å²) in [6.45, 7) is 3.72. The summed E-state index contributed by atoms with van der Waals surface area (Å²) < 4.78 is 5.47. The largest absolute Gasteiger partial charge is 0.381 e. The number of hydrogen-bond acceptors (Lipinski definition) is 4. The molecule has 29 heavy (non-hydrogen) atoms. The summed E-state index contributed by atoms with van der Waals surface area (Å²) in [5, 5.41) is 8.26. The van der Waals surface area contributed by atoms with Gasteiger partial charge in [-0.1, -0.05) is 36.0 Å². The number of benzene rings is 1. The van der Waals surface area contributed by atoms with Crippen LogP contribution in [0.25, 0.3) is 0 Å². The highest BCUT2D eigenvalue weighted by molar-refractivity contribution is 6.36. The minimum atomic E-state index is 0.601. The van der Waals surface area contributed by atoms with Crippen LogP contribution in [-0.4, -0.2) is 24.7 Å². The Morgan fingerprint density at radius 3 is 2.59 bits per heavy atom. The Hall–Kier alpha value is -1.33. The number of aromatic nitrogens is 1. The zero-order valence-electron chi connectivity index (χ0n) is 16.7. The molecule has 0 atom stereocenters. The van der Waals surface area contributed by atoms with Crippen molar-refractivity contribution in [3.63, 3.8) is 0 Å². The number of anilines is 2. The number of ether oxygens (including phenoxy) is 1. The van der Waals surface area contributed by atoms with E-state index in [4.69, 9.17) is 27.9 Å². The van der Waals surface area contributed by atoms with Gasteiger partial charge in [0.2, 0.25) is 0 Å². The fourth-order valence-corrected chi connectivity index (χ4v) is 4.88. The standard InChI is InChI=1S/C23H29Cl2N3O/c24-19-5-6-22(21(25)11-19)28-23-12-20(17-3-1-2-4-17)18(15-27-23)14-26-13-16-7-9-29-10-8-16/h5-6,11-12,15-17,26H,1-4,7-10,13-14H2,(H,27,28). The van der Waals surface area contributed by atoms with Crippen LogP contribution in [0.5, 0.6) is 0 Å². The molecule has 6 heteroatoms. The predicted molar refractivity (Wildman–Crippen MR) is 120 cm³/mol. The van der Waals surface area contributed by atoms with Gasteiger partial charge in [0.25, 0.3) is 0 Å². The van der Waals surface area contributed by atoms with Crippen molar-refractivity contribution in [1.82, 2.24) is 10.3 Å². The second kappa shape index (κ2) is 10.1. The van der Waals surface area contributed by atoms with E-state index in [0.717, 1.165) is 56.6 Å². The Labute approximate surface area is 183 Å². The van der Waals surface area contributed by atoms with Crippen molar-refractivity contribution < 1.29 is 4.74 Å². The van der Waals surface area contributed by atoms with Crippen molar-refractivity contribution in [2.75, 3.05) is 25.1 Å². The molecule has 2 heterocycles. The normalized spacial score (nSPS) is 18.3. The Balaban J connectivity index is 1.47. The predicted octanol–water partition coefficient (Wildman–Crippen LogP) is 6.31. The Morgan fingerprint density at radius 2 is 1.83 bits per heavy atom. The summed E-state index contributed by atoms with van der Waals surface area (Å²) in [4.78, 5) is 4.67. The molecule has 2 N–H and O–H groups in total. The highest BCUT2D eigenvalue weighted by Gasteiger charge is 2.21. The fourth-order valence-electron chi connectivity index (χ4n) is 4.42. The zero-order valence-corrected chi connectivity index (χ0v) is 18.2. The first-order chi connectivity index (χ1) is 14.2. The maximum absolute atomic E-state index is 6.33. The first kappa shape index (κ1) is 20.9. The van der Waals surface area contributed by atoms with E-state index in [1.807, 2.05) is 18.3 Å². The highest BCUT2D eigenvalue weighted by atomic mass is 35.5. The first-order valence-electron chi connectivity index (χ1n) is 10.7. The average molecular weight is 434 g/mol. The van der Waals surface area contributed by atoms with Crippen molar-refractivity contribution in [3.8, 4) is 0 Å². The number of halogens is 2. The molecule has 0 radical (unpaired) electrons. The molecular formula is C23H29Cl2N3O. The molecule has 0 unspecified atom stereocenters. The van der Waals surface area contributed by atoms with Crippen LogP contribution in [0.4, 0.5) is 11.5 Å². The van der Waals surface area contributed by atoms with Crippen LogP contribution in [-0.2, 0) is 11.3 Å². The molecule has 0 bridgehead atoms. The molecule has 4 rings (SSSR count). The Bertz CT molecular complexity index is 818. The van der Waals surface area contributed by atoms with Crippen LogP contribution in [0.2, 0.25) is 10.0 Å². The van der Waals surface area contributed by atoms with E-state index in [-0.39, 0.29) is 0 Å². The molecule has 1 aliphatic carbocycles. The number of hydrogen-bond donors (Lipinski definition) is 2. The van der Waals surface area contributed by atoms with Gasteiger partial charge in [0.1, 0.15) is 5.82 Å². The van der Waals surface area contributed by atoms with Gasteiger partial charge in [-0.25, -0.2) is 4.98 Å². The van der Waals surface area contributed by atoms with Crippen molar-refractivity contribution in [2.45, 2.75) is 51.0 Å². The second-order valence-electron chi connectivity index (χ2n) is 8.19. The Kier molecular flexibility index (Phi) is 7.30. The smallest absolute Gasteiger partial charge is 0.130 e. The SMILES string of the molecule is Clc1ccc(Nc2cc(C3CCCC3)c(CNCC3CCOCC3)cn2)c(Cl)c1. The van der Waals surface area contributed by atoms with Crippen LogP contribution in [0.3, 0.4) is 0 Å². The van der Waals surface area contributed by atoms with Crippen molar-refractivity contribution in [3.05, 3.63) is 51.6 Å². The maximum atomic E-state index is 6.33. The molecule has 0 amide bonds. The third-order valence-electron chi connectivity index (χ3n) is 6.10. The van der Waals surface area contributed by atoms with Gasteiger partial charge in [0.05, 0.1) is 10.7 Å². The molecule has 1 aliphatic heterocycles. The van der Waals surface area contributed by atoms with Gasteiger partial charge in [-0.05, 0) is 79.5 Å². The topological polar surface area (TPSA) is 46.2 Å². The van der Waals surface area contributed by atoms with Crippen molar-refractivity contribution in [1.29, 1.82) is 0 Å². The summed E-state index contributed by atoms with van der Waals surface area (Å²) in [6, 6.07) is 7.69. The Morgan fingerprint density at radius 1 is 1.03 bits per heavy atom. The molecular weight excluding hydrogens is 405 g/mol. The quantitative estimate of drug-likeness (QED) is 0.537.